The molecule has 2 aliphatic rings. The van der Waals surface area contributed by atoms with Gasteiger partial charge in [0.1, 0.15) is 6.04 Å². The molecule has 168 valence electrons. The maximum Gasteiger partial charge on any atom is 0.243 e. The predicted molar refractivity (Wildman–Crippen MR) is 120 cm³/mol. The van der Waals surface area contributed by atoms with Crippen LogP contribution in [0.1, 0.15) is 46.5 Å². The molecule has 7 heteroatoms. The summed E-state index contributed by atoms with van der Waals surface area (Å²) in [4.78, 5) is 40.0. The molecule has 1 saturated heterocycles. The van der Waals surface area contributed by atoms with Crippen molar-refractivity contribution < 1.29 is 14.4 Å². The van der Waals surface area contributed by atoms with Gasteiger partial charge in [0.25, 0.3) is 0 Å². The monoisotopic (exact) mass is 426 g/mol. The van der Waals surface area contributed by atoms with E-state index in [2.05, 4.69) is 32.2 Å². The van der Waals surface area contributed by atoms with Crippen molar-refractivity contribution in [2.45, 2.75) is 52.5 Å². The second-order valence-electron chi connectivity index (χ2n) is 9.11. The van der Waals surface area contributed by atoms with E-state index < -0.39 is 12.0 Å². The Morgan fingerprint density at radius 2 is 1.81 bits per heavy atom. The van der Waals surface area contributed by atoms with Crippen LogP contribution in [0.4, 0.5) is 5.69 Å². The first-order valence-corrected chi connectivity index (χ1v) is 11.0. The molecular weight excluding hydrogens is 392 g/mol. The van der Waals surface area contributed by atoms with Crippen molar-refractivity contribution in [3.05, 3.63) is 30.3 Å². The van der Waals surface area contributed by atoms with Gasteiger partial charge >= 0.3 is 0 Å². The van der Waals surface area contributed by atoms with Gasteiger partial charge in [-0.15, -0.1) is 0 Å². The van der Waals surface area contributed by atoms with Crippen molar-refractivity contribution in [3.8, 4) is 6.07 Å². The third-order valence-corrected chi connectivity index (χ3v) is 5.14. The Bertz CT molecular complexity index is 796. The molecule has 0 spiro atoms. The van der Waals surface area contributed by atoms with E-state index in [0.29, 0.717) is 24.4 Å². The molecule has 1 saturated carbocycles. The first-order valence-electron chi connectivity index (χ1n) is 11.0. The molecule has 0 radical (unpaired) electrons. The average molecular weight is 427 g/mol. The Morgan fingerprint density at radius 1 is 1.19 bits per heavy atom. The molecule has 0 aromatic heterocycles. The molecule has 31 heavy (non-hydrogen) atoms. The summed E-state index contributed by atoms with van der Waals surface area (Å²) in [5.41, 5.74) is 0.686. The number of hydrogen-bond donors (Lipinski definition) is 1. The quantitative estimate of drug-likeness (QED) is 0.755. The minimum Gasteiger partial charge on any atom is -0.336 e. The van der Waals surface area contributed by atoms with Gasteiger partial charge in [0, 0.05) is 25.7 Å². The number of anilines is 1. The fourth-order valence-electron chi connectivity index (χ4n) is 3.30. The number of benzene rings is 1. The van der Waals surface area contributed by atoms with Crippen molar-refractivity contribution in [2.24, 2.45) is 17.8 Å². The molecule has 3 rings (SSSR count). The highest BCUT2D eigenvalue weighted by Gasteiger charge is 2.39. The van der Waals surface area contributed by atoms with Crippen LogP contribution in [0.2, 0.25) is 0 Å². The summed E-state index contributed by atoms with van der Waals surface area (Å²) < 4.78 is 0. The van der Waals surface area contributed by atoms with Gasteiger partial charge in [-0.1, -0.05) is 39.0 Å². The van der Waals surface area contributed by atoms with Crippen LogP contribution in [-0.2, 0) is 14.4 Å². The number of hydrogen-bond acceptors (Lipinski definition) is 4. The van der Waals surface area contributed by atoms with Crippen molar-refractivity contribution in [1.29, 1.82) is 5.26 Å². The van der Waals surface area contributed by atoms with Crippen LogP contribution in [0.25, 0.3) is 0 Å². The smallest absolute Gasteiger partial charge is 0.243 e. The first-order chi connectivity index (χ1) is 14.7. The van der Waals surface area contributed by atoms with Crippen LogP contribution >= 0.6 is 0 Å². The Hall–Kier alpha value is -2.88. The third kappa shape index (κ3) is 8.05. The van der Waals surface area contributed by atoms with E-state index in [1.165, 1.54) is 9.80 Å². The Balaban J connectivity index is 0.000000785. The average Bonchev–Trinajstić information content (AvgIpc) is 3.42. The van der Waals surface area contributed by atoms with Crippen molar-refractivity contribution in [1.82, 2.24) is 9.80 Å². The van der Waals surface area contributed by atoms with Gasteiger partial charge in [-0.05, 0) is 43.2 Å². The number of nitrogens with one attached hydrogen (secondary N) is 1. The zero-order valence-electron chi connectivity index (χ0n) is 19.0. The minimum absolute atomic E-state index is 0.0445. The maximum absolute atomic E-state index is 12.6. The third-order valence-electron chi connectivity index (χ3n) is 5.14. The summed E-state index contributed by atoms with van der Waals surface area (Å²) in [5.74, 6) is 0.320. The van der Waals surface area contributed by atoms with Crippen LogP contribution in [-0.4, -0.2) is 53.7 Å². The van der Waals surface area contributed by atoms with E-state index >= 15 is 0 Å². The molecular formula is C24H34N4O3. The van der Waals surface area contributed by atoms with Gasteiger partial charge in [0.15, 0.2) is 0 Å². The van der Waals surface area contributed by atoms with Gasteiger partial charge in [0.2, 0.25) is 17.7 Å². The van der Waals surface area contributed by atoms with E-state index in [1.807, 2.05) is 18.2 Å². The van der Waals surface area contributed by atoms with Crippen LogP contribution in [0.3, 0.4) is 0 Å². The second kappa shape index (κ2) is 11.5. The molecule has 2 atom stereocenters. The fraction of sp³-hybridized carbons (Fsp3) is 0.583. The summed E-state index contributed by atoms with van der Waals surface area (Å²) in [6, 6.07) is 10.6. The van der Waals surface area contributed by atoms with Crippen molar-refractivity contribution >= 4 is 23.4 Å². The van der Waals surface area contributed by atoms with Crippen molar-refractivity contribution in [2.75, 3.05) is 25.5 Å². The SMILES string of the molecule is CC(C)C.CN(CC(=O)N1CC(C(=O)Nc2ccccc2)CC1C#N)C(=O)CC1CC1. The Morgan fingerprint density at radius 3 is 2.35 bits per heavy atom. The molecule has 1 heterocycles. The lowest BCUT2D eigenvalue weighted by molar-refractivity contribution is -0.139. The summed E-state index contributed by atoms with van der Waals surface area (Å²) in [6.45, 7) is 6.64. The number of rotatable bonds is 6. The summed E-state index contributed by atoms with van der Waals surface area (Å²) in [6.07, 6.45) is 2.94. The number of carbonyl (C=O) groups excluding carboxylic acids is 3. The van der Waals surface area contributed by atoms with Gasteiger partial charge in [-0.25, -0.2) is 0 Å². The van der Waals surface area contributed by atoms with Gasteiger partial charge in [0.05, 0.1) is 18.5 Å². The summed E-state index contributed by atoms with van der Waals surface area (Å²) in [5, 5.41) is 12.2. The van der Waals surface area contributed by atoms with E-state index in [4.69, 9.17) is 0 Å². The lowest BCUT2D eigenvalue weighted by Crippen LogP contribution is -2.43. The zero-order valence-corrected chi connectivity index (χ0v) is 19.0. The molecule has 1 aliphatic heterocycles. The molecule has 0 bridgehead atoms. The number of nitriles is 1. The second-order valence-corrected chi connectivity index (χ2v) is 9.11. The number of amides is 3. The lowest BCUT2D eigenvalue weighted by atomic mass is 10.1. The molecule has 2 fully saturated rings. The van der Waals surface area contributed by atoms with Gasteiger partial charge in [-0.2, -0.15) is 5.26 Å². The largest absolute Gasteiger partial charge is 0.336 e. The topological polar surface area (TPSA) is 93.5 Å². The molecule has 1 aromatic carbocycles. The predicted octanol–water partition coefficient (Wildman–Crippen LogP) is 3.29. The number of carbonyl (C=O) groups is 3. The van der Waals surface area contributed by atoms with Crippen LogP contribution in [0, 0.1) is 29.1 Å². The molecule has 1 N–H and O–H groups in total. The van der Waals surface area contributed by atoms with Crippen molar-refractivity contribution in [3.63, 3.8) is 0 Å². The Labute approximate surface area is 185 Å². The molecule has 1 aliphatic carbocycles. The number of nitrogens with zero attached hydrogens (tertiary/aromatic N) is 3. The van der Waals surface area contributed by atoms with E-state index in [-0.39, 0.29) is 30.8 Å². The van der Waals surface area contributed by atoms with E-state index in [1.54, 1.807) is 19.2 Å². The highest BCUT2D eigenvalue weighted by atomic mass is 16.2. The van der Waals surface area contributed by atoms with Gasteiger partial charge in [-0.3, -0.25) is 14.4 Å². The maximum atomic E-state index is 12.6. The highest BCUT2D eigenvalue weighted by molar-refractivity contribution is 5.94. The standard InChI is InChI=1S/C20H24N4O3.C4H10/c1-23(18(25)9-14-7-8-14)13-19(26)24-12-15(10-17(24)11-21)20(27)22-16-5-3-2-4-6-16;1-4(2)3/h2-6,14-15,17H,7-10,12-13H2,1H3,(H,22,27);4H,1-3H3. The number of likely N-dealkylation sites (N-methyl/N-ethyl adjacent to an activating group) is 1. The molecule has 2 unspecified atom stereocenters. The summed E-state index contributed by atoms with van der Waals surface area (Å²) in [7, 11) is 1.61. The highest BCUT2D eigenvalue weighted by Crippen LogP contribution is 2.32. The molecule has 3 amide bonds. The lowest BCUT2D eigenvalue weighted by Gasteiger charge is -2.23. The summed E-state index contributed by atoms with van der Waals surface area (Å²) >= 11 is 0. The first kappa shape index (κ1) is 24.4. The Kier molecular flexibility index (Phi) is 9.04. The van der Waals surface area contributed by atoms with Crippen LogP contribution in [0.15, 0.2) is 30.3 Å². The van der Waals surface area contributed by atoms with E-state index in [0.717, 1.165) is 18.8 Å². The fourth-order valence-corrected chi connectivity index (χ4v) is 3.30. The van der Waals surface area contributed by atoms with E-state index in [9.17, 15) is 19.6 Å². The number of likely N-dealkylation sites (tertiary alicyclic amines) is 1. The zero-order chi connectivity index (χ0) is 23.0. The van der Waals surface area contributed by atoms with Gasteiger partial charge < -0.3 is 15.1 Å². The normalized spacial score (nSPS) is 19.8. The molecule has 1 aromatic rings. The minimum atomic E-state index is -0.643. The number of para-hydroxylation sites is 1. The van der Waals surface area contributed by atoms with Crippen LogP contribution < -0.4 is 5.32 Å². The van der Waals surface area contributed by atoms with Crippen LogP contribution in [0.5, 0.6) is 0 Å². The molecule has 7 nitrogen and oxygen atoms in total.